The van der Waals surface area contributed by atoms with Gasteiger partial charge >= 0.3 is 19.8 Å². The van der Waals surface area contributed by atoms with E-state index in [1.807, 2.05) is 46.6 Å². The van der Waals surface area contributed by atoms with Gasteiger partial charge in [-0.2, -0.15) is 0 Å². The molecule has 1 aromatic heterocycles. The van der Waals surface area contributed by atoms with Crippen molar-refractivity contribution < 1.29 is 71.0 Å². The third kappa shape index (κ3) is 30.6. The lowest BCUT2D eigenvalue weighted by atomic mass is 9.97. The first-order chi connectivity index (χ1) is 39.6. The van der Waals surface area contributed by atoms with Gasteiger partial charge in [0.2, 0.25) is 17.7 Å². The van der Waals surface area contributed by atoms with Gasteiger partial charge in [0.1, 0.15) is 25.2 Å². The molecular formula is C59H107N7O14PS2+. The Hall–Kier alpha value is -2.86. The SMILES string of the molecule is CCCCCCC1(CCCCCCCCCCC(=O)N[C@@H](COP(=O)(O)OCC[N+](C)(C)C)C(=O)N[C@@H](CCCCCC(=O)O)C(=O)NCCOCCOCCOCCn2nnc3c2CC[C@@H]2[C@H](CC3)[C@@H]2COC(=O)C(C)(C)C)SCCS1. The summed E-state index contributed by atoms with van der Waals surface area (Å²) < 4.78 is 49.1. The number of rotatable bonds is 47. The highest BCUT2D eigenvalue weighted by atomic mass is 32.2. The molecule has 2 heterocycles. The molecule has 0 bridgehead atoms. The number of carboxylic acid groups (broad SMARTS) is 1. The first kappa shape index (κ1) is 72.6. The molecule has 24 heteroatoms. The molecule has 0 spiro atoms. The normalized spacial score (nSPS) is 19.1. The summed E-state index contributed by atoms with van der Waals surface area (Å²) in [5, 5.41) is 26.2. The summed E-state index contributed by atoms with van der Waals surface area (Å²) in [5.41, 5.74) is 1.69. The molecule has 83 heavy (non-hydrogen) atoms. The van der Waals surface area contributed by atoms with Gasteiger partial charge in [-0.05, 0) is 96.3 Å². The number of unbranched alkanes of at least 4 members (excludes halogenated alkanes) is 12. The van der Waals surface area contributed by atoms with Gasteiger partial charge in [0.15, 0.2) is 0 Å². The van der Waals surface area contributed by atoms with Crippen LogP contribution in [-0.2, 0) is 75.9 Å². The minimum atomic E-state index is -4.63. The van der Waals surface area contributed by atoms with E-state index >= 15 is 0 Å². The fraction of sp³-hybridized carbons (Fsp3) is 0.881. The Kier molecular flexibility index (Phi) is 34.2. The fourth-order valence-electron chi connectivity index (χ4n) is 10.6. The van der Waals surface area contributed by atoms with E-state index in [2.05, 4.69) is 56.7 Å². The molecule has 1 aliphatic heterocycles. The summed E-state index contributed by atoms with van der Waals surface area (Å²) in [6.07, 6.45) is 21.6. The number of hydrogen-bond acceptors (Lipinski definition) is 16. The highest BCUT2D eigenvalue weighted by Crippen LogP contribution is 2.53. The van der Waals surface area contributed by atoms with Crippen LogP contribution in [-0.4, -0.2) is 180 Å². The van der Waals surface area contributed by atoms with Gasteiger partial charge in [0, 0.05) is 30.9 Å². The average Bonchev–Trinajstić information content (AvgIpc) is 3.87. The molecule has 6 atom stereocenters. The smallest absolute Gasteiger partial charge is 0.472 e. The second-order valence-electron chi connectivity index (χ2n) is 24.8. The van der Waals surface area contributed by atoms with Crippen molar-refractivity contribution in [3.63, 3.8) is 0 Å². The summed E-state index contributed by atoms with van der Waals surface area (Å²) in [6, 6.07) is -2.50. The third-order valence-corrected chi connectivity index (χ3v) is 20.3. The number of carboxylic acids is 1. The van der Waals surface area contributed by atoms with Crippen LogP contribution < -0.4 is 16.0 Å². The monoisotopic (exact) mass is 1230 g/mol. The maximum Gasteiger partial charge on any atom is 0.472 e. The first-order valence-electron chi connectivity index (χ1n) is 31.2. The van der Waals surface area contributed by atoms with Crippen LogP contribution in [0.2, 0.25) is 0 Å². The van der Waals surface area contributed by atoms with Crippen molar-refractivity contribution in [2.75, 3.05) is 105 Å². The number of amides is 3. The maximum absolute atomic E-state index is 13.9. The number of aliphatic carboxylic acids is 1. The standard InChI is InChI=1S/C59H106N7O14PS2/c1-8-9-10-21-30-59(82-42-43-83-59)31-22-16-14-12-11-13-15-19-24-53(67)61-51(45-80-81(73,74)79-37-34-66(5,6)7)56(71)62-50(23-18-17-20-25-54(68)69)55(70)60-32-35-75-38-40-77-41-39-76-36-33-65-52-29-27-47-46(26-28-49(52)63-64-65)48(47)44-78-57(72)58(2,3)4/h46-48,50-51H,8-45H2,1-7H3,(H4-,60,61,62,67,68,69,70,71,73,74)/p+1/t46-,47+,48-,50-,51-/m0/s1. The Morgan fingerprint density at radius 2 is 1.33 bits per heavy atom. The van der Waals surface area contributed by atoms with Crippen LogP contribution in [0.3, 0.4) is 0 Å². The predicted molar refractivity (Wildman–Crippen MR) is 325 cm³/mol. The number of fused-ring (bicyclic) bond motifs is 2. The summed E-state index contributed by atoms with van der Waals surface area (Å²) in [7, 11) is 1.06. The van der Waals surface area contributed by atoms with E-state index in [-0.39, 0.29) is 51.6 Å². The van der Waals surface area contributed by atoms with Crippen molar-refractivity contribution in [2.45, 2.75) is 205 Å². The minimum absolute atomic E-state index is 0.0330. The lowest BCUT2D eigenvalue weighted by molar-refractivity contribution is -0.870. The number of nitrogens with one attached hydrogen (secondary N) is 3. The zero-order valence-electron chi connectivity index (χ0n) is 51.6. The van der Waals surface area contributed by atoms with E-state index in [1.165, 1.54) is 69.3 Å². The fourth-order valence-corrected chi connectivity index (χ4v) is 14.7. The van der Waals surface area contributed by atoms with Crippen LogP contribution >= 0.6 is 31.3 Å². The molecule has 1 aromatic rings. The zero-order valence-corrected chi connectivity index (χ0v) is 54.1. The lowest BCUT2D eigenvalue weighted by Gasteiger charge is -2.27. The maximum atomic E-state index is 13.9. The van der Waals surface area contributed by atoms with Crippen LogP contribution in [0.25, 0.3) is 0 Å². The number of carbonyl (C=O) groups excluding carboxylic acids is 4. The van der Waals surface area contributed by atoms with Gasteiger partial charge in [0.05, 0.1) is 101 Å². The molecule has 1 unspecified atom stereocenters. The van der Waals surface area contributed by atoms with E-state index in [0.717, 1.165) is 62.8 Å². The molecule has 2 fully saturated rings. The zero-order chi connectivity index (χ0) is 60.6. The molecule has 478 valence electrons. The van der Waals surface area contributed by atoms with Gasteiger partial charge < -0.3 is 49.4 Å². The number of likely N-dealkylation sites (N-methyl/N-ethyl adjacent to an activating group) is 1. The topological polar surface area (TPSA) is 265 Å². The van der Waals surface area contributed by atoms with Crippen LogP contribution in [0.15, 0.2) is 0 Å². The second kappa shape index (κ2) is 39.1. The minimum Gasteiger partial charge on any atom is -0.481 e. The summed E-state index contributed by atoms with van der Waals surface area (Å²) in [6.45, 7) is 10.6. The molecule has 2 aliphatic carbocycles. The van der Waals surface area contributed by atoms with E-state index in [4.69, 9.17) is 33.1 Å². The number of phosphoric acid groups is 1. The van der Waals surface area contributed by atoms with Crippen molar-refractivity contribution in [1.82, 2.24) is 30.9 Å². The van der Waals surface area contributed by atoms with Crippen molar-refractivity contribution >= 4 is 61.0 Å². The van der Waals surface area contributed by atoms with Crippen LogP contribution in [0.4, 0.5) is 0 Å². The highest BCUT2D eigenvalue weighted by Gasteiger charge is 2.50. The number of hydrogen-bond donors (Lipinski definition) is 5. The van der Waals surface area contributed by atoms with Crippen molar-refractivity contribution in [1.29, 1.82) is 0 Å². The molecular weight excluding hydrogens is 1130 g/mol. The van der Waals surface area contributed by atoms with E-state index in [0.29, 0.717) is 98.1 Å². The van der Waals surface area contributed by atoms with Gasteiger partial charge in [-0.3, -0.25) is 33.0 Å². The number of esters is 1. The number of aryl methyl sites for hydroxylation is 1. The molecule has 1 saturated carbocycles. The Bertz CT molecular complexity index is 2110. The molecule has 4 rings (SSSR count). The molecule has 0 radical (unpaired) electrons. The van der Waals surface area contributed by atoms with Gasteiger partial charge in [0.25, 0.3) is 0 Å². The van der Waals surface area contributed by atoms with Gasteiger partial charge in [-0.25, -0.2) is 9.25 Å². The number of phosphoric ester groups is 1. The Morgan fingerprint density at radius 3 is 1.96 bits per heavy atom. The van der Waals surface area contributed by atoms with Crippen LogP contribution in [0, 0.1) is 23.2 Å². The van der Waals surface area contributed by atoms with Crippen molar-refractivity contribution in [3.05, 3.63) is 11.4 Å². The van der Waals surface area contributed by atoms with Crippen molar-refractivity contribution in [3.8, 4) is 0 Å². The first-order valence-corrected chi connectivity index (χ1v) is 34.7. The van der Waals surface area contributed by atoms with E-state index < -0.39 is 55.6 Å². The summed E-state index contributed by atoms with van der Waals surface area (Å²) >= 11 is 4.36. The lowest BCUT2D eigenvalue weighted by Crippen LogP contribution is -2.55. The number of quaternary nitrogens is 1. The van der Waals surface area contributed by atoms with Crippen LogP contribution in [0.5, 0.6) is 0 Å². The molecule has 3 aliphatic rings. The molecule has 1 saturated heterocycles. The predicted octanol–water partition coefficient (Wildman–Crippen LogP) is 8.67. The Balaban J connectivity index is 1.15. The van der Waals surface area contributed by atoms with E-state index in [9.17, 15) is 33.4 Å². The second-order valence-corrected chi connectivity index (χ2v) is 29.5. The Labute approximate surface area is 505 Å². The summed E-state index contributed by atoms with van der Waals surface area (Å²) in [5.74, 6) is 1.27. The molecule has 5 N–H and O–H groups in total. The third-order valence-electron chi connectivity index (χ3n) is 15.6. The number of carbonyl (C=O) groups is 5. The quantitative estimate of drug-likeness (QED) is 0.0177. The average molecular weight is 1230 g/mol. The number of nitrogens with zero attached hydrogens (tertiary/aromatic N) is 4. The molecule has 3 amide bonds. The van der Waals surface area contributed by atoms with Gasteiger partial charge in [-0.15, -0.1) is 28.6 Å². The number of aromatic nitrogens is 3. The largest absolute Gasteiger partial charge is 0.481 e. The Morgan fingerprint density at radius 1 is 0.735 bits per heavy atom. The molecule has 0 aromatic carbocycles. The summed E-state index contributed by atoms with van der Waals surface area (Å²) in [4.78, 5) is 74.8. The van der Waals surface area contributed by atoms with Crippen molar-refractivity contribution in [2.24, 2.45) is 23.2 Å². The number of ether oxygens (including phenoxy) is 4. The highest BCUT2D eigenvalue weighted by molar-refractivity contribution is 8.21. The van der Waals surface area contributed by atoms with Crippen LogP contribution in [0.1, 0.15) is 180 Å². The number of thioether (sulfide) groups is 2. The van der Waals surface area contributed by atoms with E-state index in [1.54, 1.807) is 0 Å². The molecule has 21 nitrogen and oxygen atoms in total. The van der Waals surface area contributed by atoms with Gasteiger partial charge in [-0.1, -0.05) is 95.6 Å².